The maximum atomic E-state index is 3.66. The standard InChI is InChI=1S/C30H22BrN/c31-25-11-9-19-13-22-16-24-18-26(12-10-20(24)14-21(22)15-23(19)17-25)32-29-7-3-1-5-27(29)28-6-2-4-8-30(28)32/h1-12,14,16-19,23H,13,15H2. The Morgan fingerprint density at radius 3 is 2.09 bits per heavy atom. The van der Waals surface area contributed by atoms with Crippen LogP contribution in [-0.4, -0.2) is 4.57 Å². The third-order valence-electron chi connectivity index (χ3n) is 7.32. The first-order valence-electron chi connectivity index (χ1n) is 11.3. The van der Waals surface area contributed by atoms with Gasteiger partial charge in [-0.3, -0.25) is 0 Å². The van der Waals surface area contributed by atoms with Crippen molar-refractivity contribution in [3.8, 4) is 5.69 Å². The molecular weight excluding hydrogens is 454 g/mol. The van der Waals surface area contributed by atoms with Crippen LogP contribution in [0.1, 0.15) is 11.1 Å². The van der Waals surface area contributed by atoms with Gasteiger partial charge in [-0.15, -0.1) is 0 Å². The molecule has 154 valence electrons. The van der Waals surface area contributed by atoms with Crippen LogP contribution >= 0.6 is 15.9 Å². The van der Waals surface area contributed by atoms with Crippen LogP contribution in [0.25, 0.3) is 38.3 Å². The zero-order chi connectivity index (χ0) is 21.2. The molecule has 7 rings (SSSR count). The highest BCUT2D eigenvalue weighted by Crippen LogP contribution is 2.39. The Bertz CT molecular complexity index is 1550. The van der Waals surface area contributed by atoms with E-state index in [-0.39, 0.29) is 0 Å². The number of nitrogens with zero attached hydrogens (tertiary/aromatic N) is 1. The number of hydrogen-bond acceptors (Lipinski definition) is 0. The molecule has 2 atom stereocenters. The van der Waals surface area contributed by atoms with E-state index in [1.54, 1.807) is 0 Å². The number of rotatable bonds is 1. The summed E-state index contributed by atoms with van der Waals surface area (Å²) in [5.41, 5.74) is 6.77. The lowest BCUT2D eigenvalue weighted by Crippen LogP contribution is -2.24. The molecule has 1 nitrogen and oxygen atoms in total. The molecule has 5 aromatic rings. The van der Waals surface area contributed by atoms with E-state index < -0.39 is 0 Å². The number of fused-ring (bicyclic) bond motifs is 6. The predicted octanol–water partition coefficient (Wildman–Crippen LogP) is 8.12. The molecule has 0 bridgehead atoms. The normalized spacial score (nSPS) is 19.8. The molecule has 1 heterocycles. The van der Waals surface area contributed by atoms with Gasteiger partial charge in [-0.25, -0.2) is 0 Å². The number of hydrogen-bond donors (Lipinski definition) is 0. The summed E-state index contributed by atoms with van der Waals surface area (Å²) in [5, 5.41) is 5.28. The average Bonchev–Trinajstić information content (AvgIpc) is 3.16. The quantitative estimate of drug-likeness (QED) is 0.230. The molecule has 0 spiro atoms. The zero-order valence-electron chi connectivity index (χ0n) is 17.6. The van der Waals surface area contributed by atoms with Gasteiger partial charge >= 0.3 is 0 Å². The number of aromatic nitrogens is 1. The summed E-state index contributed by atoms with van der Waals surface area (Å²) in [5.74, 6) is 1.22. The van der Waals surface area contributed by atoms with E-state index in [1.807, 2.05) is 0 Å². The molecule has 1 aromatic heterocycles. The Morgan fingerprint density at radius 1 is 0.688 bits per heavy atom. The molecule has 2 aliphatic rings. The van der Waals surface area contributed by atoms with Gasteiger partial charge in [0.15, 0.2) is 0 Å². The van der Waals surface area contributed by atoms with Gasteiger partial charge < -0.3 is 4.57 Å². The third kappa shape index (κ3) is 2.76. The number of benzene rings is 4. The van der Waals surface area contributed by atoms with Crippen LogP contribution in [0.15, 0.2) is 102 Å². The topological polar surface area (TPSA) is 4.93 Å². The molecule has 2 aliphatic carbocycles. The van der Waals surface area contributed by atoms with E-state index in [0.717, 1.165) is 12.8 Å². The van der Waals surface area contributed by atoms with Crippen molar-refractivity contribution >= 4 is 48.5 Å². The van der Waals surface area contributed by atoms with Gasteiger partial charge in [0, 0.05) is 20.9 Å². The third-order valence-corrected chi connectivity index (χ3v) is 7.85. The maximum absolute atomic E-state index is 3.66. The van der Waals surface area contributed by atoms with Gasteiger partial charge in [0.05, 0.1) is 11.0 Å². The number of para-hydroxylation sites is 2. The predicted molar refractivity (Wildman–Crippen MR) is 139 cm³/mol. The number of halogens is 1. The summed E-state index contributed by atoms with van der Waals surface area (Å²) >= 11 is 3.66. The first-order chi connectivity index (χ1) is 15.7. The number of allylic oxidation sites excluding steroid dienone is 4. The molecule has 0 fully saturated rings. The first kappa shape index (κ1) is 18.5. The summed E-state index contributed by atoms with van der Waals surface area (Å²) in [7, 11) is 0. The monoisotopic (exact) mass is 475 g/mol. The Balaban J connectivity index is 1.40. The van der Waals surface area contributed by atoms with Crippen molar-refractivity contribution in [1.29, 1.82) is 0 Å². The van der Waals surface area contributed by atoms with Crippen LogP contribution in [0.2, 0.25) is 0 Å². The minimum Gasteiger partial charge on any atom is -0.309 e. The maximum Gasteiger partial charge on any atom is 0.0541 e. The van der Waals surface area contributed by atoms with Crippen LogP contribution < -0.4 is 0 Å². The van der Waals surface area contributed by atoms with Crippen LogP contribution in [0, 0.1) is 11.8 Å². The minimum atomic E-state index is 0.608. The molecule has 0 saturated carbocycles. The highest BCUT2D eigenvalue weighted by Gasteiger charge is 2.27. The van der Waals surface area contributed by atoms with Crippen molar-refractivity contribution in [2.24, 2.45) is 11.8 Å². The van der Waals surface area contributed by atoms with Crippen molar-refractivity contribution in [2.45, 2.75) is 12.8 Å². The van der Waals surface area contributed by atoms with E-state index in [2.05, 4.69) is 118 Å². The van der Waals surface area contributed by atoms with Crippen molar-refractivity contribution in [2.75, 3.05) is 0 Å². The van der Waals surface area contributed by atoms with Crippen LogP contribution in [0.4, 0.5) is 0 Å². The summed E-state index contributed by atoms with van der Waals surface area (Å²) in [4.78, 5) is 0. The van der Waals surface area contributed by atoms with E-state index in [9.17, 15) is 0 Å². The summed E-state index contributed by atoms with van der Waals surface area (Å²) in [6.45, 7) is 0. The molecule has 0 amide bonds. The highest BCUT2D eigenvalue weighted by atomic mass is 79.9. The fourth-order valence-electron chi connectivity index (χ4n) is 5.78. The Hall–Kier alpha value is -3.10. The van der Waals surface area contributed by atoms with Crippen LogP contribution in [-0.2, 0) is 12.8 Å². The lowest BCUT2D eigenvalue weighted by molar-refractivity contribution is 0.437. The average molecular weight is 476 g/mol. The SMILES string of the molecule is BrC1=CC2Cc3cc4ccc(-n5c6ccccc6c6ccccc65)cc4cc3CC2C=C1. The van der Waals surface area contributed by atoms with E-state index in [1.165, 1.54) is 53.9 Å². The van der Waals surface area contributed by atoms with E-state index in [4.69, 9.17) is 0 Å². The van der Waals surface area contributed by atoms with E-state index in [0.29, 0.717) is 11.8 Å². The Labute approximate surface area is 195 Å². The van der Waals surface area contributed by atoms with Gasteiger partial charge in [-0.1, -0.05) is 88.8 Å². The van der Waals surface area contributed by atoms with Crippen LogP contribution in [0.3, 0.4) is 0 Å². The zero-order valence-corrected chi connectivity index (χ0v) is 19.2. The molecular formula is C30H22BrN. The first-order valence-corrected chi connectivity index (χ1v) is 12.1. The smallest absolute Gasteiger partial charge is 0.0541 e. The van der Waals surface area contributed by atoms with Crippen molar-refractivity contribution in [1.82, 2.24) is 4.57 Å². The van der Waals surface area contributed by atoms with Gasteiger partial charge in [0.25, 0.3) is 0 Å². The van der Waals surface area contributed by atoms with Crippen molar-refractivity contribution in [3.05, 3.63) is 113 Å². The van der Waals surface area contributed by atoms with Gasteiger partial charge in [-0.05, 0) is 70.8 Å². The van der Waals surface area contributed by atoms with Crippen molar-refractivity contribution < 1.29 is 0 Å². The molecule has 32 heavy (non-hydrogen) atoms. The van der Waals surface area contributed by atoms with E-state index >= 15 is 0 Å². The van der Waals surface area contributed by atoms with Crippen LogP contribution in [0.5, 0.6) is 0 Å². The lowest BCUT2D eigenvalue weighted by Gasteiger charge is -2.32. The Morgan fingerprint density at radius 2 is 1.34 bits per heavy atom. The highest BCUT2D eigenvalue weighted by molar-refractivity contribution is 9.11. The largest absolute Gasteiger partial charge is 0.309 e. The van der Waals surface area contributed by atoms with Gasteiger partial charge in [0.2, 0.25) is 0 Å². The molecule has 0 N–H and O–H groups in total. The van der Waals surface area contributed by atoms with Gasteiger partial charge in [0.1, 0.15) is 0 Å². The Kier molecular flexibility index (Phi) is 4.01. The molecule has 0 aliphatic heterocycles. The lowest BCUT2D eigenvalue weighted by atomic mass is 9.73. The molecule has 2 heteroatoms. The fourth-order valence-corrected chi connectivity index (χ4v) is 6.27. The minimum absolute atomic E-state index is 0.608. The second-order valence-corrected chi connectivity index (χ2v) is 10.1. The second kappa shape index (κ2) is 6.95. The summed E-state index contributed by atoms with van der Waals surface area (Å²) in [6.07, 6.45) is 9.25. The van der Waals surface area contributed by atoms with Crippen molar-refractivity contribution in [3.63, 3.8) is 0 Å². The molecule has 4 aromatic carbocycles. The van der Waals surface area contributed by atoms with Gasteiger partial charge in [-0.2, -0.15) is 0 Å². The summed E-state index contributed by atoms with van der Waals surface area (Å²) < 4.78 is 3.63. The molecule has 2 unspecified atom stereocenters. The molecule has 0 radical (unpaired) electrons. The fraction of sp³-hybridized carbons (Fsp3) is 0.133. The second-order valence-electron chi connectivity index (χ2n) is 9.17. The summed E-state index contributed by atoms with van der Waals surface area (Å²) in [6, 6.07) is 29.3. The molecule has 0 saturated heterocycles.